The Labute approximate surface area is 82.4 Å². The van der Waals surface area contributed by atoms with Crippen LogP contribution in [-0.2, 0) is 4.43 Å². The second-order valence-corrected chi connectivity index (χ2v) is 4.51. The van der Waals surface area contributed by atoms with Crippen LogP contribution in [0.3, 0.4) is 0 Å². The van der Waals surface area contributed by atoms with E-state index in [9.17, 15) is 0 Å². The van der Waals surface area contributed by atoms with Crippen LogP contribution in [0.1, 0.15) is 18.9 Å². The number of hydrogen-bond acceptors (Lipinski definition) is 1. The van der Waals surface area contributed by atoms with E-state index in [1.54, 1.807) is 0 Å². The van der Waals surface area contributed by atoms with Crippen molar-refractivity contribution in [1.82, 2.24) is 0 Å². The first-order chi connectivity index (χ1) is 6.36. The Kier molecular flexibility index (Phi) is 4.50. The quantitative estimate of drug-likeness (QED) is 0.507. The van der Waals surface area contributed by atoms with Gasteiger partial charge in [-0.3, -0.25) is 0 Å². The molecule has 0 bridgehead atoms. The zero-order valence-corrected chi connectivity index (χ0v) is 9.54. The summed E-state index contributed by atoms with van der Waals surface area (Å²) in [6, 6.07) is 8.45. The lowest BCUT2D eigenvalue weighted by atomic mass is 10.2. The van der Waals surface area contributed by atoms with Crippen LogP contribution >= 0.6 is 0 Å². The summed E-state index contributed by atoms with van der Waals surface area (Å²) >= 11 is 0. The molecular formula is C11H16OSi. The minimum absolute atomic E-state index is 0.480. The lowest BCUT2D eigenvalue weighted by Gasteiger charge is -2.02. The maximum absolute atomic E-state index is 5.56. The molecule has 1 rings (SSSR count). The average molecular weight is 192 g/mol. The van der Waals surface area contributed by atoms with E-state index < -0.39 is 9.76 Å². The van der Waals surface area contributed by atoms with E-state index in [2.05, 4.69) is 37.8 Å². The van der Waals surface area contributed by atoms with E-state index in [0.717, 1.165) is 13.0 Å². The first kappa shape index (κ1) is 10.2. The first-order valence-corrected chi connectivity index (χ1v) is 5.94. The lowest BCUT2D eigenvalue weighted by Crippen LogP contribution is -2.17. The van der Waals surface area contributed by atoms with Crippen LogP contribution in [0.5, 0.6) is 0 Å². The highest BCUT2D eigenvalue weighted by molar-refractivity contribution is 6.46. The van der Waals surface area contributed by atoms with Gasteiger partial charge in [0, 0.05) is 6.61 Å². The molecule has 0 aromatic heterocycles. The van der Waals surface area contributed by atoms with E-state index in [4.69, 9.17) is 4.43 Å². The van der Waals surface area contributed by atoms with Gasteiger partial charge in [0.1, 0.15) is 0 Å². The predicted octanol–water partition coefficient (Wildman–Crippen LogP) is 1.47. The van der Waals surface area contributed by atoms with Crippen molar-refractivity contribution in [2.24, 2.45) is 0 Å². The maximum Gasteiger partial charge on any atom is 0.192 e. The second kappa shape index (κ2) is 5.73. The van der Waals surface area contributed by atoms with E-state index in [-0.39, 0.29) is 0 Å². The molecule has 13 heavy (non-hydrogen) atoms. The third-order valence-corrected chi connectivity index (χ3v) is 3.13. The minimum Gasteiger partial charge on any atom is -0.419 e. The van der Waals surface area contributed by atoms with Crippen molar-refractivity contribution in [2.75, 3.05) is 6.61 Å². The zero-order valence-electron chi connectivity index (χ0n) is 8.12. The van der Waals surface area contributed by atoms with Crippen molar-refractivity contribution in [3.05, 3.63) is 36.4 Å². The molecule has 0 unspecified atom stereocenters. The van der Waals surface area contributed by atoms with Crippen molar-refractivity contribution in [2.45, 2.75) is 13.3 Å². The van der Waals surface area contributed by atoms with Gasteiger partial charge in [-0.2, -0.15) is 0 Å². The highest BCUT2D eigenvalue weighted by Gasteiger charge is 1.93. The molecule has 0 saturated carbocycles. The summed E-state index contributed by atoms with van der Waals surface area (Å²) in [5.41, 5.74) is 1.17. The molecular weight excluding hydrogens is 176 g/mol. The summed E-state index contributed by atoms with van der Waals surface area (Å²) in [4.78, 5) is 0. The Bertz CT molecular complexity index is 253. The van der Waals surface area contributed by atoms with Crippen LogP contribution in [0.25, 0.3) is 6.08 Å². The molecule has 0 aliphatic carbocycles. The monoisotopic (exact) mass is 192 g/mol. The van der Waals surface area contributed by atoms with Crippen molar-refractivity contribution in [3.8, 4) is 0 Å². The Balaban J connectivity index is 2.44. The molecule has 0 aliphatic heterocycles. The number of benzene rings is 1. The zero-order chi connectivity index (χ0) is 9.52. The molecule has 0 heterocycles. The Morgan fingerprint density at radius 2 is 2.08 bits per heavy atom. The molecule has 70 valence electrons. The summed E-state index contributed by atoms with van der Waals surface area (Å²) < 4.78 is 5.56. The molecule has 0 saturated heterocycles. The Morgan fingerprint density at radius 3 is 2.62 bits per heavy atom. The topological polar surface area (TPSA) is 9.23 Å². The molecule has 0 radical (unpaired) electrons. The van der Waals surface area contributed by atoms with Gasteiger partial charge in [0.15, 0.2) is 9.76 Å². The fraction of sp³-hybridized carbons (Fsp3) is 0.273. The molecule has 0 amide bonds. The second-order valence-electron chi connectivity index (χ2n) is 3.00. The van der Waals surface area contributed by atoms with Crippen LogP contribution in [0.15, 0.2) is 30.8 Å². The smallest absolute Gasteiger partial charge is 0.192 e. The summed E-state index contributed by atoms with van der Waals surface area (Å²) in [6.07, 6.45) is 2.97. The molecule has 1 aromatic carbocycles. The largest absolute Gasteiger partial charge is 0.419 e. The third kappa shape index (κ3) is 3.57. The molecule has 0 atom stereocenters. The highest BCUT2D eigenvalue weighted by atomic mass is 28.2. The summed E-state index contributed by atoms with van der Waals surface area (Å²) in [6.45, 7) is 6.75. The fourth-order valence-electron chi connectivity index (χ4n) is 1.08. The van der Waals surface area contributed by atoms with E-state index in [1.807, 2.05) is 6.08 Å². The van der Waals surface area contributed by atoms with Crippen LogP contribution in [0.2, 0.25) is 0 Å². The van der Waals surface area contributed by atoms with E-state index >= 15 is 0 Å². The van der Waals surface area contributed by atoms with Gasteiger partial charge in [-0.25, -0.2) is 0 Å². The van der Waals surface area contributed by atoms with Gasteiger partial charge >= 0.3 is 0 Å². The lowest BCUT2D eigenvalue weighted by molar-refractivity contribution is 0.341. The summed E-state index contributed by atoms with van der Waals surface area (Å²) in [5, 5.41) is 1.36. The van der Waals surface area contributed by atoms with Crippen molar-refractivity contribution < 1.29 is 4.43 Å². The third-order valence-electron chi connectivity index (χ3n) is 1.83. The van der Waals surface area contributed by atoms with Crippen molar-refractivity contribution >= 4 is 21.0 Å². The molecule has 0 spiro atoms. The highest BCUT2D eigenvalue weighted by Crippen LogP contribution is 1.97. The molecule has 0 N–H and O–H groups in total. The van der Waals surface area contributed by atoms with Gasteiger partial charge < -0.3 is 4.43 Å². The maximum atomic E-state index is 5.56. The molecule has 0 aliphatic rings. The van der Waals surface area contributed by atoms with Crippen LogP contribution in [0.4, 0.5) is 0 Å². The molecule has 2 heteroatoms. The standard InChI is InChI=1S/C11H16OSi/c1-3-9-12-13-11-7-5-10(4-2)6-8-11/h4-8H,2-3,9,13H2,1H3. The van der Waals surface area contributed by atoms with Crippen LogP contribution in [0, 0.1) is 0 Å². The van der Waals surface area contributed by atoms with Gasteiger partial charge in [-0.05, 0) is 17.2 Å². The minimum atomic E-state index is -0.480. The summed E-state index contributed by atoms with van der Waals surface area (Å²) in [7, 11) is -0.480. The number of rotatable bonds is 5. The summed E-state index contributed by atoms with van der Waals surface area (Å²) in [5.74, 6) is 0. The van der Waals surface area contributed by atoms with Crippen molar-refractivity contribution in [3.63, 3.8) is 0 Å². The molecule has 1 nitrogen and oxygen atoms in total. The SMILES string of the molecule is C=Cc1ccc([SiH2]OCCC)cc1. The van der Waals surface area contributed by atoms with Crippen LogP contribution < -0.4 is 5.19 Å². The predicted molar refractivity (Wildman–Crippen MR) is 61.0 cm³/mol. The Morgan fingerprint density at radius 1 is 1.38 bits per heavy atom. The van der Waals surface area contributed by atoms with Gasteiger partial charge in [0.05, 0.1) is 0 Å². The average Bonchev–Trinajstić information content (AvgIpc) is 2.19. The van der Waals surface area contributed by atoms with Crippen molar-refractivity contribution in [1.29, 1.82) is 0 Å². The van der Waals surface area contributed by atoms with Crippen LogP contribution in [-0.4, -0.2) is 16.4 Å². The Hall–Kier alpha value is -0.863. The normalized spacial score (nSPS) is 10.8. The molecule has 1 aromatic rings. The van der Waals surface area contributed by atoms with Gasteiger partial charge in [0.25, 0.3) is 0 Å². The van der Waals surface area contributed by atoms with E-state index in [1.165, 1.54) is 10.8 Å². The fourth-order valence-corrected chi connectivity index (χ4v) is 2.18. The van der Waals surface area contributed by atoms with Gasteiger partial charge in [-0.1, -0.05) is 43.8 Å². The van der Waals surface area contributed by atoms with E-state index in [0.29, 0.717) is 0 Å². The van der Waals surface area contributed by atoms with Gasteiger partial charge in [-0.15, -0.1) is 0 Å². The molecule has 0 fully saturated rings. The number of hydrogen-bond donors (Lipinski definition) is 0. The van der Waals surface area contributed by atoms with Gasteiger partial charge in [0.2, 0.25) is 0 Å². The first-order valence-electron chi connectivity index (χ1n) is 4.66.